The molecule has 0 spiro atoms. The molecular formula is C24H18N2. The maximum absolute atomic E-state index is 3.68. The van der Waals surface area contributed by atoms with E-state index in [0.717, 1.165) is 6.54 Å². The second kappa shape index (κ2) is 4.89. The highest BCUT2D eigenvalue weighted by Crippen LogP contribution is 2.39. The largest absolute Gasteiger partial charge is 0.353 e. The summed E-state index contributed by atoms with van der Waals surface area (Å²) < 4.78 is 2.45. The molecule has 0 radical (unpaired) electrons. The van der Waals surface area contributed by atoms with E-state index in [9.17, 15) is 0 Å². The van der Waals surface area contributed by atoms with Crippen LogP contribution in [0.25, 0.3) is 54.4 Å². The molecule has 6 aromatic rings. The van der Waals surface area contributed by atoms with Gasteiger partial charge in [-0.05, 0) is 29.8 Å². The van der Waals surface area contributed by atoms with Gasteiger partial charge in [0.2, 0.25) is 0 Å². The standard InChI is InChI=1S/C24H18N2/c1-2-26-21-14-11-15-7-3-4-8-16(15)22(21)19-13-12-18-17-9-5-6-10-20(17)25-23(18)24(19)26/h3-14,25H,2H2,1H3. The molecule has 0 amide bonds. The Balaban J connectivity index is 1.94. The molecule has 4 aromatic carbocycles. The third kappa shape index (κ3) is 1.62. The van der Waals surface area contributed by atoms with E-state index >= 15 is 0 Å². The van der Waals surface area contributed by atoms with Crippen molar-refractivity contribution in [2.24, 2.45) is 0 Å². The molecule has 26 heavy (non-hydrogen) atoms. The van der Waals surface area contributed by atoms with E-state index in [1.165, 1.54) is 54.4 Å². The van der Waals surface area contributed by atoms with Crippen LogP contribution in [0.4, 0.5) is 0 Å². The number of aryl methyl sites for hydroxylation is 1. The first-order valence-electron chi connectivity index (χ1n) is 9.20. The van der Waals surface area contributed by atoms with Crippen LogP contribution in [0, 0.1) is 0 Å². The van der Waals surface area contributed by atoms with Gasteiger partial charge in [0, 0.05) is 39.1 Å². The van der Waals surface area contributed by atoms with Crippen molar-refractivity contribution < 1.29 is 0 Å². The Morgan fingerprint density at radius 1 is 0.731 bits per heavy atom. The monoisotopic (exact) mass is 334 g/mol. The number of para-hydroxylation sites is 1. The zero-order valence-electron chi connectivity index (χ0n) is 14.6. The minimum atomic E-state index is 0.951. The lowest BCUT2D eigenvalue weighted by atomic mass is 10.0. The highest BCUT2D eigenvalue weighted by atomic mass is 15.0. The van der Waals surface area contributed by atoms with Crippen LogP contribution < -0.4 is 0 Å². The molecule has 1 N–H and O–H groups in total. The van der Waals surface area contributed by atoms with Crippen molar-refractivity contribution in [3.63, 3.8) is 0 Å². The van der Waals surface area contributed by atoms with Gasteiger partial charge in [-0.25, -0.2) is 0 Å². The predicted octanol–water partition coefficient (Wildman–Crippen LogP) is 6.60. The second-order valence-corrected chi connectivity index (χ2v) is 6.98. The first kappa shape index (κ1) is 14.0. The van der Waals surface area contributed by atoms with E-state index in [0.29, 0.717) is 0 Å². The van der Waals surface area contributed by atoms with Gasteiger partial charge in [-0.3, -0.25) is 0 Å². The van der Waals surface area contributed by atoms with E-state index in [-0.39, 0.29) is 0 Å². The number of nitrogens with one attached hydrogen (secondary N) is 1. The fraction of sp³-hybridized carbons (Fsp3) is 0.0833. The fourth-order valence-electron chi connectivity index (χ4n) is 4.60. The number of hydrogen-bond donors (Lipinski definition) is 1. The minimum Gasteiger partial charge on any atom is -0.353 e. The normalized spacial score (nSPS) is 12.2. The van der Waals surface area contributed by atoms with Gasteiger partial charge in [0.25, 0.3) is 0 Å². The molecule has 0 aliphatic rings. The van der Waals surface area contributed by atoms with Crippen molar-refractivity contribution in [2.45, 2.75) is 13.5 Å². The molecule has 0 bridgehead atoms. The maximum atomic E-state index is 3.68. The number of benzene rings is 4. The Hall–Kier alpha value is -3.26. The Kier molecular flexibility index (Phi) is 2.63. The van der Waals surface area contributed by atoms with Crippen LogP contribution in [0.5, 0.6) is 0 Å². The van der Waals surface area contributed by atoms with Gasteiger partial charge in [0.15, 0.2) is 0 Å². The molecule has 0 atom stereocenters. The predicted molar refractivity (Wildman–Crippen MR) is 112 cm³/mol. The average Bonchev–Trinajstić information content (AvgIpc) is 3.23. The number of nitrogens with zero attached hydrogens (tertiary/aromatic N) is 1. The van der Waals surface area contributed by atoms with Crippen LogP contribution in [0.2, 0.25) is 0 Å². The zero-order chi connectivity index (χ0) is 17.3. The van der Waals surface area contributed by atoms with Gasteiger partial charge in [-0.2, -0.15) is 0 Å². The third-order valence-corrected chi connectivity index (χ3v) is 5.71. The number of aromatic amines is 1. The topological polar surface area (TPSA) is 20.7 Å². The van der Waals surface area contributed by atoms with E-state index in [2.05, 4.69) is 89.3 Å². The van der Waals surface area contributed by atoms with Crippen LogP contribution in [-0.2, 0) is 6.54 Å². The van der Waals surface area contributed by atoms with E-state index < -0.39 is 0 Å². The van der Waals surface area contributed by atoms with E-state index in [4.69, 9.17) is 0 Å². The van der Waals surface area contributed by atoms with E-state index in [1.54, 1.807) is 0 Å². The minimum absolute atomic E-state index is 0.951. The molecule has 2 heteroatoms. The number of aromatic nitrogens is 2. The van der Waals surface area contributed by atoms with Crippen molar-refractivity contribution in [2.75, 3.05) is 0 Å². The summed E-state index contributed by atoms with van der Waals surface area (Å²) in [7, 11) is 0. The first-order valence-corrected chi connectivity index (χ1v) is 9.20. The molecule has 0 saturated heterocycles. The van der Waals surface area contributed by atoms with Crippen molar-refractivity contribution in [3.8, 4) is 0 Å². The third-order valence-electron chi connectivity index (χ3n) is 5.71. The quantitative estimate of drug-likeness (QED) is 0.349. The molecule has 0 fully saturated rings. The summed E-state index contributed by atoms with van der Waals surface area (Å²) in [5, 5.41) is 7.92. The van der Waals surface area contributed by atoms with Crippen LogP contribution >= 0.6 is 0 Å². The van der Waals surface area contributed by atoms with Crippen molar-refractivity contribution in [1.82, 2.24) is 9.55 Å². The molecular weight excluding hydrogens is 316 g/mol. The summed E-state index contributed by atoms with van der Waals surface area (Å²) in [5.41, 5.74) is 5.07. The number of rotatable bonds is 1. The summed E-state index contributed by atoms with van der Waals surface area (Å²) in [6.07, 6.45) is 0. The first-order chi connectivity index (χ1) is 12.9. The summed E-state index contributed by atoms with van der Waals surface area (Å²) in [6, 6.07) is 26.4. The zero-order valence-corrected chi connectivity index (χ0v) is 14.6. The smallest absolute Gasteiger partial charge is 0.0737 e. The Morgan fingerprint density at radius 3 is 2.38 bits per heavy atom. The molecule has 0 aliphatic heterocycles. The van der Waals surface area contributed by atoms with Crippen LogP contribution in [0.3, 0.4) is 0 Å². The van der Waals surface area contributed by atoms with Gasteiger partial charge >= 0.3 is 0 Å². The van der Waals surface area contributed by atoms with Crippen molar-refractivity contribution >= 4 is 54.4 Å². The summed E-state index contributed by atoms with van der Waals surface area (Å²) in [5.74, 6) is 0. The molecule has 2 heterocycles. The van der Waals surface area contributed by atoms with Crippen LogP contribution in [0.15, 0.2) is 72.8 Å². The summed E-state index contributed by atoms with van der Waals surface area (Å²) >= 11 is 0. The highest BCUT2D eigenvalue weighted by molar-refractivity contribution is 6.27. The van der Waals surface area contributed by atoms with Gasteiger partial charge in [0.05, 0.1) is 11.0 Å². The molecule has 0 saturated carbocycles. The Bertz CT molecular complexity index is 1460. The lowest BCUT2D eigenvalue weighted by Crippen LogP contribution is -1.93. The molecule has 6 rings (SSSR count). The lowest BCUT2D eigenvalue weighted by Gasteiger charge is -2.04. The fourth-order valence-corrected chi connectivity index (χ4v) is 4.60. The number of hydrogen-bond acceptors (Lipinski definition) is 0. The summed E-state index contributed by atoms with van der Waals surface area (Å²) in [4.78, 5) is 3.68. The van der Waals surface area contributed by atoms with Gasteiger partial charge in [0.1, 0.15) is 0 Å². The van der Waals surface area contributed by atoms with Gasteiger partial charge in [-0.15, -0.1) is 0 Å². The maximum Gasteiger partial charge on any atom is 0.0737 e. The van der Waals surface area contributed by atoms with Gasteiger partial charge in [-0.1, -0.05) is 60.7 Å². The van der Waals surface area contributed by atoms with Crippen molar-refractivity contribution in [3.05, 3.63) is 72.8 Å². The van der Waals surface area contributed by atoms with Crippen LogP contribution in [-0.4, -0.2) is 9.55 Å². The Labute approximate surface area is 150 Å². The number of fused-ring (bicyclic) bond motifs is 9. The molecule has 2 nitrogen and oxygen atoms in total. The summed E-state index contributed by atoms with van der Waals surface area (Å²) in [6.45, 7) is 3.18. The lowest BCUT2D eigenvalue weighted by molar-refractivity contribution is 0.829. The molecule has 2 aromatic heterocycles. The molecule has 0 aliphatic carbocycles. The van der Waals surface area contributed by atoms with Crippen LogP contribution in [0.1, 0.15) is 6.92 Å². The molecule has 0 unspecified atom stereocenters. The van der Waals surface area contributed by atoms with E-state index in [1.807, 2.05) is 0 Å². The molecule has 124 valence electrons. The Morgan fingerprint density at radius 2 is 1.50 bits per heavy atom. The second-order valence-electron chi connectivity index (χ2n) is 6.98. The number of H-pyrrole nitrogens is 1. The van der Waals surface area contributed by atoms with Gasteiger partial charge < -0.3 is 9.55 Å². The SMILES string of the molecule is CCn1c2ccc3ccccc3c2c2ccc3c4ccccc4[nH]c3c21. The average molecular weight is 334 g/mol. The van der Waals surface area contributed by atoms with Crippen molar-refractivity contribution in [1.29, 1.82) is 0 Å². The highest BCUT2D eigenvalue weighted by Gasteiger charge is 2.16.